The van der Waals surface area contributed by atoms with Crippen molar-refractivity contribution < 1.29 is 14.5 Å². The summed E-state index contributed by atoms with van der Waals surface area (Å²) < 4.78 is 7.10. The van der Waals surface area contributed by atoms with Gasteiger partial charge in [0.05, 0.1) is 34.0 Å². The zero-order valence-corrected chi connectivity index (χ0v) is 18.4. The van der Waals surface area contributed by atoms with E-state index in [1.165, 1.54) is 30.0 Å². The zero-order chi connectivity index (χ0) is 22.4. The van der Waals surface area contributed by atoms with Crippen LogP contribution in [0, 0.1) is 10.1 Å². The van der Waals surface area contributed by atoms with E-state index in [1.54, 1.807) is 14.0 Å². The maximum absolute atomic E-state index is 12.7. The average molecular weight is 462 g/mol. The van der Waals surface area contributed by atoms with E-state index >= 15 is 0 Å². The fourth-order valence-electron chi connectivity index (χ4n) is 2.73. The van der Waals surface area contributed by atoms with Crippen molar-refractivity contribution in [1.29, 1.82) is 0 Å². The molecule has 0 aliphatic carbocycles. The lowest BCUT2D eigenvalue weighted by molar-refractivity contribution is -0.384. The minimum atomic E-state index is -0.565. The van der Waals surface area contributed by atoms with E-state index in [1.807, 2.05) is 34.9 Å². The van der Waals surface area contributed by atoms with Gasteiger partial charge in [0.1, 0.15) is 0 Å². The molecule has 0 unspecified atom stereocenters. The lowest BCUT2D eigenvalue weighted by atomic mass is 10.2. The van der Waals surface area contributed by atoms with E-state index in [4.69, 9.17) is 16.3 Å². The number of nitrogens with zero attached hydrogens (tertiary/aromatic N) is 4. The van der Waals surface area contributed by atoms with Crippen LogP contribution in [0.5, 0.6) is 0 Å². The molecule has 1 N–H and O–H groups in total. The van der Waals surface area contributed by atoms with Crippen LogP contribution in [0.25, 0.3) is 11.4 Å². The van der Waals surface area contributed by atoms with Crippen molar-refractivity contribution >= 4 is 40.6 Å². The van der Waals surface area contributed by atoms with Crippen LogP contribution in [-0.2, 0) is 16.1 Å². The molecule has 0 aliphatic heterocycles. The first-order chi connectivity index (χ1) is 14.9. The molecule has 3 rings (SSSR count). The van der Waals surface area contributed by atoms with Gasteiger partial charge in [-0.2, -0.15) is 0 Å². The van der Waals surface area contributed by atoms with Crippen molar-refractivity contribution in [2.75, 3.05) is 19.0 Å². The smallest absolute Gasteiger partial charge is 0.271 e. The molecule has 0 bridgehead atoms. The molecule has 11 heteroatoms. The molecule has 0 saturated carbocycles. The van der Waals surface area contributed by atoms with Gasteiger partial charge in [0.15, 0.2) is 11.0 Å². The number of halogens is 1. The molecule has 2 aromatic carbocycles. The largest absolute Gasteiger partial charge is 0.383 e. The fraction of sp³-hybridized carbons (Fsp3) is 0.250. The number of thioether (sulfide) groups is 1. The lowest BCUT2D eigenvalue weighted by Gasteiger charge is -2.14. The van der Waals surface area contributed by atoms with Crippen LogP contribution in [0.1, 0.15) is 6.92 Å². The Labute approximate surface area is 187 Å². The van der Waals surface area contributed by atoms with Crippen molar-refractivity contribution in [2.24, 2.45) is 0 Å². The Bertz CT molecular complexity index is 1080. The molecule has 0 radical (unpaired) electrons. The molecule has 0 fully saturated rings. The molecular weight excluding hydrogens is 442 g/mol. The summed E-state index contributed by atoms with van der Waals surface area (Å²) in [5.74, 6) is 0.310. The number of carbonyl (C=O) groups excluding carboxylic acids is 1. The predicted molar refractivity (Wildman–Crippen MR) is 119 cm³/mol. The highest BCUT2D eigenvalue weighted by Gasteiger charge is 2.22. The van der Waals surface area contributed by atoms with Gasteiger partial charge in [-0.15, -0.1) is 10.2 Å². The Morgan fingerprint density at radius 2 is 2.03 bits per heavy atom. The van der Waals surface area contributed by atoms with Gasteiger partial charge in [-0.3, -0.25) is 19.5 Å². The van der Waals surface area contributed by atoms with Crippen molar-refractivity contribution in [2.45, 2.75) is 23.9 Å². The Morgan fingerprint density at radius 1 is 1.29 bits per heavy atom. The predicted octanol–water partition coefficient (Wildman–Crippen LogP) is 4.27. The summed E-state index contributed by atoms with van der Waals surface area (Å²) in [7, 11) is 1.61. The average Bonchev–Trinajstić information content (AvgIpc) is 3.16. The van der Waals surface area contributed by atoms with Gasteiger partial charge in [-0.25, -0.2) is 0 Å². The number of rotatable bonds is 9. The van der Waals surface area contributed by atoms with Gasteiger partial charge in [-0.05, 0) is 13.0 Å². The number of nitro groups is 1. The first-order valence-electron chi connectivity index (χ1n) is 9.29. The molecule has 3 aromatic rings. The number of hydrogen-bond acceptors (Lipinski definition) is 7. The number of nitrogens with one attached hydrogen (secondary N) is 1. The third kappa shape index (κ3) is 5.60. The molecule has 1 amide bonds. The number of methoxy groups -OCH3 is 1. The van der Waals surface area contributed by atoms with Crippen LogP contribution in [0.3, 0.4) is 0 Å². The second kappa shape index (κ2) is 10.4. The maximum Gasteiger partial charge on any atom is 0.271 e. The Morgan fingerprint density at radius 3 is 2.71 bits per heavy atom. The zero-order valence-electron chi connectivity index (χ0n) is 16.8. The van der Waals surface area contributed by atoms with Gasteiger partial charge in [0.2, 0.25) is 5.91 Å². The molecule has 1 atom stereocenters. The van der Waals surface area contributed by atoms with Crippen LogP contribution in [0.4, 0.5) is 11.4 Å². The molecular formula is C20H20ClN5O4S. The third-order valence-electron chi connectivity index (χ3n) is 4.34. The molecule has 1 aromatic heterocycles. The number of non-ortho nitro benzene ring substituents is 1. The third-order valence-corrected chi connectivity index (χ3v) is 5.75. The van der Waals surface area contributed by atoms with E-state index in [9.17, 15) is 14.9 Å². The number of hydrogen-bond donors (Lipinski definition) is 1. The highest BCUT2D eigenvalue weighted by molar-refractivity contribution is 8.00. The minimum Gasteiger partial charge on any atom is -0.383 e. The number of carbonyl (C=O) groups is 1. The normalized spacial score (nSPS) is 11.8. The highest BCUT2D eigenvalue weighted by atomic mass is 35.5. The van der Waals surface area contributed by atoms with E-state index in [2.05, 4.69) is 15.5 Å². The van der Waals surface area contributed by atoms with Gasteiger partial charge in [-0.1, -0.05) is 53.7 Å². The molecule has 162 valence electrons. The van der Waals surface area contributed by atoms with E-state index in [-0.39, 0.29) is 22.3 Å². The first-order valence-corrected chi connectivity index (χ1v) is 10.6. The number of benzene rings is 2. The van der Waals surface area contributed by atoms with Gasteiger partial charge in [0.25, 0.3) is 5.69 Å². The number of ether oxygens (including phenoxy) is 1. The summed E-state index contributed by atoms with van der Waals surface area (Å²) in [6.45, 7) is 2.68. The second-order valence-electron chi connectivity index (χ2n) is 6.49. The summed E-state index contributed by atoms with van der Waals surface area (Å²) in [6.07, 6.45) is 0. The maximum atomic E-state index is 12.7. The quantitative estimate of drug-likeness (QED) is 0.287. The fourth-order valence-corrected chi connectivity index (χ4v) is 3.77. The van der Waals surface area contributed by atoms with Gasteiger partial charge >= 0.3 is 0 Å². The lowest BCUT2D eigenvalue weighted by Crippen LogP contribution is -2.23. The number of nitro benzene ring substituents is 1. The van der Waals surface area contributed by atoms with Crippen molar-refractivity contribution in [3.63, 3.8) is 0 Å². The summed E-state index contributed by atoms with van der Waals surface area (Å²) in [6, 6.07) is 13.5. The Kier molecular flexibility index (Phi) is 7.61. The summed E-state index contributed by atoms with van der Waals surface area (Å²) in [4.78, 5) is 23.1. The molecule has 31 heavy (non-hydrogen) atoms. The minimum absolute atomic E-state index is 0.160. The van der Waals surface area contributed by atoms with Crippen LogP contribution < -0.4 is 5.32 Å². The molecule has 1 heterocycles. The topological polar surface area (TPSA) is 112 Å². The van der Waals surface area contributed by atoms with Crippen molar-refractivity contribution in [1.82, 2.24) is 14.8 Å². The monoisotopic (exact) mass is 461 g/mol. The van der Waals surface area contributed by atoms with E-state index in [0.717, 1.165) is 5.56 Å². The van der Waals surface area contributed by atoms with Gasteiger partial charge in [0, 0.05) is 24.8 Å². The second-order valence-corrected chi connectivity index (χ2v) is 8.20. The number of amides is 1. The number of aromatic nitrogens is 3. The number of anilines is 1. The van der Waals surface area contributed by atoms with Crippen molar-refractivity contribution in [3.05, 3.63) is 63.7 Å². The highest BCUT2D eigenvalue weighted by Crippen LogP contribution is 2.30. The van der Waals surface area contributed by atoms with Crippen LogP contribution >= 0.6 is 23.4 Å². The van der Waals surface area contributed by atoms with Crippen LogP contribution in [0.15, 0.2) is 53.7 Å². The summed E-state index contributed by atoms with van der Waals surface area (Å²) >= 11 is 7.30. The van der Waals surface area contributed by atoms with Crippen LogP contribution in [0.2, 0.25) is 5.02 Å². The Balaban J connectivity index is 1.79. The molecule has 0 saturated heterocycles. The van der Waals surface area contributed by atoms with Gasteiger partial charge < -0.3 is 10.1 Å². The first kappa shape index (κ1) is 22.7. The van der Waals surface area contributed by atoms with E-state index < -0.39 is 10.2 Å². The van der Waals surface area contributed by atoms with E-state index in [0.29, 0.717) is 24.1 Å². The standard InChI is InChI=1S/C20H20ClN5O4S/c1-13(19(27)22-17-12-15(26(28)29)8-9-16(17)21)31-20-24-23-18(25(20)10-11-30-2)14-6-4-3-5-7-14/h3-9,12-13H,10-11H2,1-2H3,(H,22,27)/t13-/m0/s1. The molecule has 9 nitrogen and oxygen atoms in total. The van der Waals surface area contributed by atoms with Crippen molar-refractivity contribution in [3.8, 4) is 11.4 Å². The SMILES string of the molecule is COCCn1c(S[C@@H](C)C(=O)Nc2cc([N+](=O)[O-])ccc2Cl)nnc1-c1ccccc1. The Hall–Kier alpha value is -2.95. The summed E-state index contributed by atoms with van der Waals surface area (Å²) in [5, 5.41) is 22.4. The summed E-state index contributed by atoms with van der Waals surface area (Å²) in [5.41, 5.74) is 0.921. The molecule has 0 aliphatic rings. The van der Waals surface area contributed by atoms with Crippen LogP contribution in [-0.4, -0.2) is 44.6 Å². The molecule has 0 spiro atoms.